The van der Waals surface area contributed by atoms with Crippen LogP contribution in [0.4, 0.5) is 11.4 Å². The highest BCUT2D eigenvalue weighted by atomic mass is 35.5. The average molecular weight is 253 g/mol. The van der Waals surface area contributed by atoms with Crippen LogP contribution in [0.1, 0.15) is 20.3 Å². The first-order valence-electron chi connectivity index (χ1n) is 5.25. The molecule has 5 heteroatoms. The summed E-state index contributed by atoms with van der Waals surface area (Å²) >= 11 is 6.01. The molecule has 1 aromatic rings. The molecule has 0 aromatic heterocycles. The molecule has 1 aliphatic rings. The quantitative estimate of drug-likeness (QED) is 0.616. The van der Waals surface area contributed by atoms with Crippen LogP contribution in [0.15, 0.2) is 18.2 Å². The Morgan fingerprint density at radius 1 is 1.35 bits per heavy atom. The van der Waals surface area contributed by atoms with E-state index in [2.05, 4.69) is 0 Å². The molecule has 4 nitrogen and oxygen atoms in total. The van der Waals surface area contributed by atoms with E-state index >= 15 is 0 Å². The van der Waals surface area contributed by atoms with E-state index in [0.717, 1.165) is 4.90 Å². The predicted octanol–water partition coefficient (Wildman–Crippen LogP) is 2.21. The van der Waals surface area contributed by atoms with Crippen molar-refractivity contribution in [1.82, 2.24) is 0 Å². The molecule has 0 bridgehead atoms. The fraction of sp³-hybridized carbons (Fsp3) is 0.333. The minimum Gasteiger partial charge on any atom is -0.399 e. The molecule has 2 amide bonds. The normalized spacial score (nSPS) is 18.9. The third-order valence-electron chi connectivity index (χ3n) is 2.84. The number of carbonyl (C=O) groups excluding carboxylic acids is 2. The van der Waals surface area contributed by atoms with Gasteiger partial charge >= 0.3 is 0 Å². The van der Waals surface area contributed by atoms with Gasteiger partial charge in [0.1, 0.15) is 0 Å². The van der Waals surface area contributed by atoms with Crippen molar-refractivity contribution in [3.05, 3.63) is 23.2 Å². The third-order valence-corrected chi connectivity index (χ3v) is 3.14. The molecule has 1 aliphatic heterocycles. The van der Waals surface area contributed by atoms with E-state index in [1.165, 1.54) is 6.07 Å². The Kier molecular flexibility index (Phi) is 2.62. The number of anilines is 2. The lowest BCUT2D eigenvalue weighted by atomic mass is 9.92. The van der Waals surface area contributed by atoms with Crippen molar-refractivity contribution in [2.75, 3.05) is 10.6 Å². The standard InChI is InChI=1S/C12H13ClN2O2/c1-12(2)6-10(16)15(11(12)17)9-4-3-7(14)5-8(9)13/h3-5H,6,14H2,1-2H3. The monoisotopic (exact) mass is 252 g/mol. The van der Waals surface area contributed by atoms with Crippen LogP contribution < -0.4 is 10.6 Å². The summed E-state index contributed by atoms with van der Waals surface area (Å²) in [6.07, 6.45) is 0.201. The second-order valence-corrected chi connectivity index (χ2v) is 5.21. The van der Waals surface area contributed by atoms with E-state index in [0.29, 0.717) is 16.4 Å². The highest BCUT2D eigenvalue weighted by Crippen LogP contribution is 2.38. The molecule has 1 heterocycles. The summed E-state index contributed by atoms with van der Waals surface area (Å²) in [4.78, 5) is 25.1. The van der Waals surface area contributed by atoms with Crippen molar-refractivity contribution in [3.8, 4) is 0 Å². The van der Waals surface area contributed by atoms with Crippen LogP contribution in [0.25, 0.3) is 0 Å². The van der Waals surface area contributed by atoms with Crippen LogP contribution >= 0.6 is 11.6 Å². The number of imide groups is 1. The molecule has 1 aromatic carbocycles. The van der Waals surface area contributed by atoms with E-state index in [4.69, 9.17) is 17.3 Å². The van der Waals surface area contributed by atoms with Crippen molar-refractivity contribution < 1.29 is 9.59 Å². The minimum atomic E-state index is -0.665. The second-order valence-electron chi connectivity index (χ2n) is 4.81. The average Bonchev–Trinajstić information content (AvgIpc) is 2.39. The maximum absolute atomic E-state index is 12.1. The number of benzene rings is 1. The Hall–Kier alpha value is -1.55. The number of nitrogens with zero attached hydrogens (tertiary/aromatic N) is 1. The summed E-state index contributed by atoms with van der Waals surface area (Å²) in [5, 5.41) is 0.310. The summed E-state index contributed by atoms with van der Waals surface area (Å²) in [5.74, 6) is -0.458. The van der Waals surface area contributed by atoms with Gasteiger partial charge in [-0.1, -0.05) is 25.4 Å². The largest absolute Gasteiger partial charge is 0.399 e. The maximum atomic E-state index is 12.1. The van der Waals surface area contributed by atoms with Crippen molar-refractivity contribution >= 4 is 34.8 Å². The molecule has 0 spiro atoms. The smallest absolute Gasteiger partial charge is 0.239 e. The first-order chi connectivity index (χ1) is 7.83. The minimum absolute atomic E-state index is 0.201. The molecule has 1 fully saturated rings. The first-order valence-corrected chi connectivity index (χ1v) is 5.63. The summed E-state index contributed by atoms with van der Waals surface area (Å²) in [7, 11) is 0. The molecular formula is C12H13ClN2O2. The fourth-order valence-corrected chi connectivity index (χ4v) is 2.17. The van der Waals surface area contributed by atoms with Crippen LogP contribution in [0.3, 0.4) is 0 Å². The zero-order valence-electron chi connectivity index (χ0n) is 9.66. The van der Waals surface area contributed by atoms with E-state index in [-0.39, 0.29) is 18.2 Å². The molecule has 0 unspecified atom stereocenters. The third kappa shape index (κ3) is 1.89. The maximum Gasteiger partial charge on any atom is 0.239 e. The van der Waals surface area contributed by atoms with Crippen molar-refractivity contribution in [1.29, 1.82) is 0 Å². The van der Waals surface area contributed by atoms with Gasteiger partial charge in [0, 0.05) is 12.1 Å². The Labute approximate surface area is 104 Å². The Bertz CT molecular complexity index is 511. The SMILES string of the molecule is CC1(C)CC(=O)N(c2ccc(N)cc2Cl)C1=O. The van der Waals surface area contributed by atoms with Gasteiger partial charge in [-0.2, -0.15) is 0 Å². The molecule has 2 N–H and O–H groups in total. The first kappa shape index (κ1) is 11.9. The topological polar surface area (TPSA) is 63.4 Å². The van der Waals surface area contributed by atoms with E-state index < -0.39 is 5.41 Å². The Morgan fingerprint density at radius 2 is 2.00 bits per heavy atom. The van der Waals surface area contributed by atoms with Gasteiger partial charge in [0.25, 0.3) is 0 Å². The van der Waals surface area contributed by atoms with E-state index in [1.807, 2.05) is 0 Å². The van der Waals surface area contributed by atoms with Crippen LogP contribution in [-0.4, -0.2) is 11.8 Å². The van der Waals surface area contributed by atoms with Crippen LogP contribution in [0, 0.1) is 5.41 Å². The molecule has 17 heavy (non-hydrogen) atoms. The number of halogens is 1. The second kappa shape index (κ2) is 3.74. The molecule has 0 atom stereocenters. The van der Waals surface area contributed by atoms with Crippen molar-refractivity contribution in [2.24, 2.45) is 5.41 Å². The molecule has 0 radical (unpaired) electrons. The molecule has 0 saturated carbocycles. The number of hydrogen-bond donors (Lipinski definition) is 1. The highest BCUT2D eigenvalue weighted by Gasteiger charge is 2.45. The number of nitrogens with two attached hydrogens (primary N) is 1. The van der Waals surface area contributed by atoms with Gasteiger partial charge in [0.15, 0.2) is 0 Å². The molecule has 0 aliphatic carbocycles. The van der Waals surface area contributed by atoms with Crippen molar-refractivity contribution in [3.63, 3.8) is 0 Å². The zero-order valence-corrected chi connectivity index (χ0v) is 10.4. The van der Waals surface area contributed by atoms with E-state index in [1.54, 1.807) is 26.0 Å². The number of hydrogen-bond acceptors (Lipinski definition) is 3. The fourth-order valence-electron chi connectivity index (χ4n) is 1.90. The number of nitrogen functional groups attached to an aromatic ring is 1. The van der Waals surface area contributed by atoms with Gasteiger partial charge in [-0.15, -0.1) is 0 Å². The van der Waals surface area contributed by atoms with Gasteiger partial charge in [-0.25, -0.2) is 4.90 Å². The predicted molar refractivity (Wildman–Crippen MR) is 66.8 cm³/mol. The Balaban J connectivity index is 2.48. The van der Waals surface area contributed by atoms with Gasteiger partial charge in [-0.05, 0) is 18.2 Å². The molecule has 90 valence electrons. The van der Waals surface area contributed by atoms with Crippen LogP contribution in [-0.2, 0) is 9.59 Å². The molecule has 2 rings (SSSR count). The zero-order chi connectivity index (χ0) is 12.8. The highest BCUT2D eigenvalue weighted by molar-refractivity contribution is 6.36. The molecule has 1 saturated heterocycles. The van der Waals surface area contributed by atoms with Crippen LogP contribution in [0.5, 0.6) is 0 Å². The molecular weight excluding hydrogens is 240 g/mol. The van der Waals surface area contributed by atoms with E-state index in [9.17, 15) is 9.59 Å². The Morgan fingerprint density at radius 3 is 2.47 bits per heavy atom. The van der Waals surface area contributed by atoms with Gasteiger partial charge < -0.3 is 5.73 Å². The lowest BCUT2D eigenvalue weighted by molar-refractivity contribution is -0.124. The lowest BCUT2D eigenvalue weighted by Crippen LogP contribution is -2.33. The van der Waals surface area contributed by atoms with Crippen molar-refractivity contribution in [2.45, 2.75) is 20.3 Å². The number of amides is 2. The van der Waals surface area contributed by atoms with Gasteiger partial charge in [-0.3, -0.25) is 9.59 Å². The summed E-state index contributed by atoms with van der Waals surface area (Å²) in [6, 6.07) is 4.74. The summed E-state index contributed by atoms with van der Waals surface area (Å²) < 4.78 is 0. The summed E-state index contributed by atoms with van der Waals surface area (Å²) in [6.45, 7) is 3.50. The van der Waals surface area contributed by atoms with Crippen LogP contribution in [0.2, 0.25) is 5.02 Å². The van der Waals surface area contributed by atoms with Gasteiger partial charge in [0.05, 0.1) is 16.1 Å². The summed E-state index contributed by atoms with van der Waals surface area (Å²) in [5.41, 5.74) is 5.81. The van der Waals surface area contributed by atoms with Gasteiger partial charge in [0.2, 0.25) is 11.8 Å². The lowest BCUT2D eigenvalue weighted by Gasteiger charge is -2.19. The number of rotatable bonds is 1. The number of carbonyl (C=O) groups is 2.